The molecule has 0 aromatic rings. The third-order valence-electron chi connectivity index (χ3n) is 2.84. The molecule has 0 aromatic carbocycles. The molecule has 1 unspecified atom stereocenters. The molecule has 1 N–H and O–H groups in total. The Labute approximate surface area is 70.4 Å². The molecule has 1 aliphatic heterocycles. The van der Waals surface area contributed by atoms with E-state index in [1.807, 2.05) is 11.8 Å². The summed E-state index contributed by atoms with van der Waals surface area (Å²) in [6.45, 7) is 0. The van der Waals surface area contributed by atoms with Crippen LogP contribution in [0.3, 0.4) is 0 Å². The molecule has 1 spiro atoms. The van der Waals surface area contributed by atoms with E-state index in [0.29, 0.717) is 11.8 Å². The average molecular weight is 172 g/mol. The van der Waals surface area contributed by atoms with Gasteiger partial charge in [-0.25, -0.2) is 0 Å². The van der Waals surface area contributed by atoms with Gasteiger partial charge in [-0.2, -0.15) is 11.8 Å². The van der Waals surface area contributed by atoms with Crippen molar-refractivity contribution in [1.29, 1.82) is 0 Å². The van der Waals surface area contributed by atoms with Gasteiger partial charge < -0.3 is 5.11 Å². The van der Waals surface area contributed by atoms with Gasteiger partial charge in [-0.15, -0.1) is 0 Å². The smallest absolute Gasteiger partial charge is 0.303 e. The van der Waals surface area contributed by atoms with Crippen molar-refractivity contribution in [3.63, 3.8) is 0 Å². The number of aliphatic carboxylic acids is 1. The average Bonchev–Trinajstić information content (AvgIpc) is 2.55. The molecule has 11 heavy (non-hydrogen) atoms. The summed E-state index contributed by atoms with van der Waals surface area (Å²) in [7, 11) is 0. The van der Waals surface area contributed by atoms with Crippen LogP contribution in [0.2, 0.25) is 0 Å². The fourth-order valence-electron chi connectivity index (χ4n) is 1.86. The SMILES string of the molecule is O=C(O)CCC1CC12CSC2. The van der Waals surface area contributed by atoms with E-state index in [0.717, 1.165) is 12.3 Å². The van der Waals surface area contributed by atoms with Crippen LogP contribution in [0, 0.1) is 11.3 Å². The van der Waals surface area contributed by atoms with Gasteiger partial charge in [0.25, 0.3) is 0 Å². The number of hydrogen-bond donors (Lipinski definition) is 1. The fraction of sp³-hybridized carbons (Fsp3) is 0.875. The summed E-state index contributed by atoms with van der Waals surface area (Å²) >= 11 is 2.00. The Morgan fingerprint density at radius 3 is 2.73 bits per heavy atom. The van der Waals surface area contributed by atoms with Crippen LogP contribution in [0.25, 0.3) is 0 Å². The van der Waals surface area contributed by atoms with E-state index in [1.54, 1.807) is 0 Å². The second kappa shape index (κ2) is 2.41. The predicted octanol–water partition coefficient (Wildman–Crippen LogP) is 1.60. The largest absolute Gasteiger partial charge is 0.481 e. The normalized spacial score (nSPS) is 31.5. The highest BCUT2D eigenvalue weighted by Crippen LogP contribution is 2.64. The van der Waals surface area contributed by atoms with Gasteiger partial charge in [0, 0.05) is 17.9 Å². The lowest BCUT2D eigenvalue weighted by Gasteiger charge is -2.25. The summed E-state index contributed by atoms with van der Waals surface area (Å²) < 4.78 is 0. The molecule has 0 aromatic heterocycles. The van der Waals surface area contributed by atoms with E-state index < -0.39 is 5.97 Å². The van der Waals surface area contributed by atoms with Crippen LogP contribution in [-0.2, 0) is 4.79 Å². The van der Waals surface area contributed by atoms with Crippen molar-refractivity contribution in [2.24, 2.45) is 11.3 Å². The van der Waals surface area contributed by atoms with Crippen molar-refractivity contribution in [2.45, 2.75) is 19.3 Å². The summed E-state index contributed by atoms with van der Waals surface area (Å²) in [5.74, 6) is 2.69. The molecule has 2 nitrogen and oxygen atoms in total. The van der Waals surface area contributed by atoms with E-state index in [1.165, 1.54) is 17.9 Å². The minimum Gasteiger partial charge on any atom is -0.481 e. The van der Waals surface area contributed by atoms with Crippen LogP contribution in [0.15, 0.2) is 0 Å². The van der Waals surface area contributed by atoms with E-state index in [4.69, 9.17) is 5.11 Å². The number of carboxylic acids is 1. The molecule has 1 aliphatic carbocycles. The monoisotopic (exact) mass is 172 g/mol. The molecular weight excluding hydrogens is 160 g/mol. The molecule has 3 heteroatoms. The van der Waals surface area contributed by atoms with Crippen molar-refractivity contribution in [2.75, 3.05) is 11.5 Å². The standard InChI is InChI=1S/C8H12O2S/c9-7(10)2-1-6-3-8(6)4-11-5-8/h6H,1-5H2,(H,9,10). The zero-order chi connectivity index (χ0) is 7.90. The molecule has 1 saturated carbocycles. The number of carboxylic acid groups (broad SMARTS) is 1. The maximum atomic E-state index is 10.2. The fourth-order valence-corrected chi connectivity index (χ4v) is 3.29. The first-order chi connectivity index (χ1) is 5.23. The van der Waals surface area contributed by atoms with Gasteiger partial charge in [-0.05, 0) is 24.2 Å². The second-order valence-electron chi connectivity index (χ2n) is 3.69. The Balaban J connectivity index is 1.71. The summed E-state index contributed by atoms with van der Waals surface area (Å²) in [6.07, 6.45) is 2.58. The van der Waals surface area contributed by atoms with Crippen molar-refractivity contribution in [3.8, 4) is 0 Å². The summed E-state index contributed by atoms with van der Waals surface area (Å²) in [4.78, 5) is 10.2. The van der Waals surface area contributed by atoms with E-state index >= 15 is 0 Å². The van der Waals surface area contributed by atoms with Crippen LogP contribution < -0.4 is 0 Å². The Hall–Kier alpha value is -0.180. The van der Waals surface area contributed by atoms with Gasteiger partial charge >= 0.3 is 5.97 Å². The lowest BCUT2D eigenvalue weighted by Crippen LogP contribution is -2.22. The highest BCUT2D eigenvalue weighted by molar-refractivity contribution is 8.00. The van der Waals surface area contributed by atoms with Crippen LogP contribution >= 0.6 is 11.8 Å². The van der Waals surface area contributed by atoms with Gasteiger partial charge in [-0.3, -0.25) is 4.79 Å². The Morgan fingerprint density at radius 2 is 2.36 bits per heavy atom. The minimum atomic E-state index is -0.640. The highest BCUT2D eigenvalue weighted by Gasteiger charge is 2.57. The van der Waals surface area contributed by atoms with Crippen molar-refractivity contribution in [3.05, 3.63) is 0 Å². The molecule has 1 heterocycles. The first kappa shape index (κ1) is 7.47. The summed E-state index contributed by atoms with van der Waals surface area (Å²) in [5, 5.41) is 8.45. The molecule has 2 rings (SSSR count). The molecule has 0 amide bonds. The predicted molar refractivity (Wildman–Crippen MR) is 44.7 cm³/mol. The Morgan fingerprint density at radius 1 is 1.64 bits per heavy atom. The lowest BCUT2D eigenvalue weighted by atomic mass is 10.1. The number of thioether (sulfide) groups is 1. The van der Waals surface area contributed by atoms with Gasteiger partial charge in [0.05, 0.1) is 0 Å². The van der Waals surface area contributed by atoms with Crippen molar-refractivity contribution >= 4 is 17.7 Å². The van der Waals surface area contributed by atoms with E-state index in [2.05, 4.69) is 0 Å². The molecule has 1 saturated heterocycles. The highest BCUT2D eigenvalue weighted by atomic mass is 32.2. The molecule has 0 bridgehead atoms. The Bertz CT molecular complexity index is 187. The molecule has 2 fully saturated rings. The van der Waals surface area contributed by atoms with Gasteiger partial charge in [0.1, 0.15) is 0 Å². The van der Waals surface area contributed by atoms with Gasteiger partial charge in [0.15, 0.2) is 0 Å². The van der Waals surface area contributed by atoms with Crippen molar-refractivity contribution in [1.82, 2.24) is 0 Å². The third-order valence-corrected chi connectivity index (χ3v) is 4.40. The third kappa shape index (κ3) is 1.26. The molecule has 1 atom stereocenters. The zero-order valence-corrected chi connectivity index (χ0v) is 7.19. The molecular formula is C8H12O2S. The van der Waals surface area contributed by atoms with Gasteiger partial charge in [-0.1, -0.05) is 0 Å². The summed E-state index contributed by atoms with van der Waals surface area (Å²) in [6, 6.07) is 0. The van der Waals surface area contributed by atoms with Crippen LogP contribution in [0.4, 0.5) is 0 Å². The first-order valence-electron chi connectivity index (χ1n) is 4.02. The van der Waals surface area contributed by atoms with Crippen molar-refractivity contribution < 1.29 is 9.90 Å². The topological polar surface area (TPSA) is 37.3 Å². The lowest BCUT2D eigenvalue weighted by molar-refractivity contribution is -0.137. The van der Waals surface area contributed by atoms with Crippen LogP contribution in [0.1, 0.15) is 19.3 Å². The first-order valence-corrected chi connectivity index (χ1v) is 5.18. The number of carbonyl (C=O) groups is 1. The van der Waals surface area contributed by atoms with Crippen LogP contribution in [-0.4, -0.2) is 22.6 Å². The summed E-state index contributed by atoms with van der Waals surface area (Å²) in [5.41, 5.74) is 0.625. The quantitative estimate of drug-likeness (QED) is 0.702. The van der Waals surface area contributed by atoms with E-state index in [-0.39, 0.29) is 0 Å². The van der Waals surface area contributed by atoms with Crippen LogP contribution in [0.5, 0.6) is 0 Å². The minimum absolute atomic E-state index is 0.372. The number of hydrogen-bond acceptors (Lipinski definition) is 2. The zero-order valence-electron chi connectivity index (χ0n) is 6.38. The number of rotatable bonds is 3. The Kier molecular flexibility index (Phi) is 1.63. The molecule has 2 aliphatic rings. The van der Waals surface area contributed by atoms with E-state index in [9.17, 15) is 4.79 Å². The maximum Gasteiger partial charge on any atom is 0.303 e. The molecule has 0 radical (unpaired) electrons. The molecule has 62 valence electrons. The maximum absolute atomic E-state index is 10.2. The van der Waals surface area contributed by atoms with Gasteiger partial charge in [0.2, 0.25) is 0 Å². The second-order valence-corrected chi connectivity index (χ2v) is 4.67.